The summed E-state index contributed by atoms with van der Waals surface area (Å²) >= 11 is 0. The Bertz CT molecular complexity index is 249. The largest absolute Gasteiger partial charge is 1.00 e. The molecule has 20 heavy (non-hydrogen) atoms. The molecule has 114 valence electrons. The molecule has 0 rings (SSSR count). The van der Waals surface area contributed by atoms with Gasteiger partial charge in [0, 0.05) is 13.1 Å². The number of hydrogen-bond acceptors (Lipinski definition) is 3. The van der Waals surface area contributed by atoms with Crippen molar-refractivity contribution in [3.63, 3.8) is 0 Å². The van der Waals surface area contributed by atoms with Crippen LogP contribution in [-0.2, 0) is 9.59 Å². The topological polar surface area (TPSA) is 77.8 Å². The second-order valence-corrected chi connectivity index (χ2v) is 4.90. The first-order valence-electron chi connectivity index (χ1n) is 7.22. The van der Waals surface area contributed by atoms with E-state index in [1.165, 1.54) is 25.7 Å². The molecule has 0 atom stereocenters. The third kappa shape index (κ3) is 16.0. The van der Waals surface area contributed by atoms with Gasteiger partial charge in [0.15, 0.2) is 0 Å². The average molecular weight is 297 g/mol. The summed E-state index contributed by atoms with van der Waals surface area (Å²) in [4.78, 5) is 23.0. The zero-order valence-electron chi connectivity index (χ0n) is 13.9. The smallest absolute Gasteiger partial charge is 1.00 e. The SMILES string of the molecule is CCCCCCCCN(CCC(=O)O)CCC(=O)O.[H-].[Na+]. The molecule has 0 heterocycles. The van der Waals surface area contributed by atoms with Crippen molar-refractivity contribution in [2.75, 3.05) is 19.6 Å². The Labute approximate surface area is 145 Å². The number of unbranched alkanes of at least 4 members (excludes halogenated alkanes) is 5. The third-order valence-electron chi connectivity index (χ3n) is 3.11. The quantitative estimate of drug-likeness (QED) is 0.361. The van der Waals surface area contributed by atoms with Crippen molar-refractivity contribution in [2.24, 2.45) is 0 Å². The molecule has 0 saturated heterocycles. The second kappa shape index (κ2) is 15.3. The number of carboxylic acid groups (broad SMARTS) is 2. The minimum Gasteiger partial charge on any atom is -1.00 e. The molecule has 0 fully saturated rings. The van der Waals surface area contributed by atoms with Crippen molar-refractivity contribution in [1.29, 1.82) is 0 Å². The van der Waals surface area contributed by atoms with E-state index in [1.54, 1.807) is 0 Å². The maximum atomic E-state index is 10.5. The normalized spacial score (nSPS) is 10.3. The van der Waals surface area contributed by atoms with E-state index in [-0.39, 0.29) is 43.8 Å². The van der Waals surface area contributed by atoms with Crippen LogP contribution < -0.4 is 29.6 Å². The van der Waals surface area contributed by atoms with Crippen molar-refractivity contribution in [3.05, 3.63) is 0 Å². The van der Waals surface area contributed by atoms with Crippen LogP contribution >= 0.6 is 0 Å². The Morgan fingerprint density at radius 1 is 0.850 bits per heavy atom. The number of aliphatic carboxylic acids is 2. The van der Waals surface area contributed by atoms with E-state index < -0.39 is 11.9 Å². The van der Waals surface area contributed by atoms with Gasteiger partial charge in [0.2, 0.25) is 0 Å². The first-order valence-corrected chi connectivity index (χ1v) is 7.22. The number of carbonyl (C=O) groups is 2. The molecule has 0 aliphatic rings. The van der Waals surface area contributed by atoms with E-state index in [4.69, 9.17) is 10.2 Å². The Morgan fingerprint density at radius 3 is 1.75 bits per heavy atom. The fraction of sp³-hybridized carbons (Fsp3) is 0.857. The molecule has 0 unspecified atom stereocenters. The van der Waals surface area contributed by atoms with Gasteiger partial charge >= 0.3 is 41.5 Å². The van der Waals surface area contributed by atoms with E-state index in [0.29, 0.717) is 13.1 Å². The van der Waals surface area contributed by atoms with Crippen LogP contribution in [0, 0.1) is 0 Å². The zero-order chi connectivity index (χ0) is 14.5. The van der Waals surface area contributed by atoms with Gasteiger partial charge in [-0.3, -0.25) is 9.59 Å². The summed E-state index contributed by atoms with van der Waals surface area (Å²) in [5.74, 6) is -1.66. The molecule has 0 aromatic heterocycles. The maximum absolute atomic E-state index is 10.5. The number of hydrogen-bond donors (Lipinski definition) is 2. The predicted molar refractivity (Wildman–Crippen MR) is 75.4 cm³/mol. The molecule has 0 bridgehead atoms. The first-order chi connectivity index (χ1) is 9.06. The molecule has 0 aliphatic carbocycles. The average Bonchev–Trinajstić information content (AvgIpc) is 2.35. The predicted octanol–water partition coefficient (Wildman–Crippen LogP) is -0.285. The third-order valence-corrected chi connectivity index (χ3v) is 3.11. The zero-order valence-corrected chi connectivity index (χ0v) is 14.9. The van der Waals surface area contributed by atoms with E-state index >= 15 is 0 Å². The van der Waals surface area contributed by atoms with Gasteiger partial charge in [0.1, 0.15) is 0 Å². The summed E-state index contributed by atoms with van der Waals surface area (Å²) < 4.78 is 0. The molecular formula is C14H28NNaO4. The minimum atomic E-state index is -0.830. The van der Waals surface area contributed by atoms with Crippen molar-refractivity contribution < 1.29 is 50.8 Å². The molecule has 0 aromatic carbocycles. The summed E-state index contributed by atoms with van der Waals surface area (Å²) in [6, 6.07) is 0. The van der Waals surface area contributed by atoms with Crippen LogP contribution in [0.2, 0.25) is 0 Å². The summed E-state index contributed by atoms with van der Waals surface area (Å²) in [5, 5.41) is 17.3. The van der Waals surface area contributed by atoms with Crippen LogP contribution in [0.5, 0.6) is 0 Å². The van der Waals surface area contributed by atoms with E-state index in [0.717, 1.165) is 19.4 Å². The maximum Gasteiger partial charge on any atom is 1.00 e. The van der Waals surface area contributed by atoms with Crippen molar-refractivity contribution in [3.8, 4) is 0 Å². The first kappa shape index (κ1) is 22.2. The summed E-state index contributed by atoms with van der Waals surface area (Å²) in [7, 11) is 0. The fourth-order valence-corrected chi connectivity index (χ4v) is 1.96. The minimum absolute atomic E-state index is 0. The molecular weight excluding hydrogens is 269 g/mol. The van der Waals surface area contributed by atoms with Crippen LogP contribution in [0.1, 0.15) is 59.7 Å². The summed E-state index contributed by atoms with van der Waals surface area (Å²) in [6.07, 6.45) is 7.26. The summed E-state index contributed by atoms with van der Waals surface area (Å²) in [6.45, 7) is 3.86. The Balaban J connectivity index is -0.00000162. The van der Waals surface area contributed by atoms with Crippen LogP contribution in [0.15, 0.2) is 0 Å². The molecule has 5 nitrogen and oxygen atoms in total. The molecule has 0 spiro atoms. The molecule has 0 aromatic rings. The van der Waals surface area contributed by atoms with Gasteiger partial charge in [-0.25, -0.2) is 0 Å². The van der Waals surface area contributed by atoms with Gasteiger partial charge in [-0.05, 0) is 13.0 Å². The van der Waals surface area contributed by atoms with Gasteiger partial charge in [0.25, 0.3) is 0 Å². The van der Waals surface area contributed by atoms with Crippen molar-refractivity contribution in [1.82, 2.24) is 4.90 Å². The molecule has 0 radical (unpaired) electrons. The molecule has 0 aliphatic heterocycles. The van der Waals surface area contributed by atoms with Crippen LogP contribution in [0.4, 0.5) is 0 Å². The van der Waals surface area contributed by atoms with Crippen LogP contribution in [0.3, 0.4) is 0 Å². The van der Waals surface area contributed by atoms with Crippen molar-refractivity contribution in [2.45, 2.75) is 58.3 Å². The number of carboxylic acids is 2. The van der Waals surface area contributed by atoms with Crippen LogP contribution in [0.25, 0.3) is 0 Å². The Hall–Kier alpha value is -0.100. The van der Waals surface area contributed by atoms with Gasteiger partial charge in [0.05, 0.1) is 12.8 Å². The van der Waals surface area contributed by atoms with Gasteiger partial charge in [-0.2, -0.15) is 0 Å². The molecule has 2 N–H and O–H groups in total. The molecule has 6 heteroatoms. The van der Waals surface area contributed by atoms with E-state index in [1.807, 2.05) is 4.90 Å². The van der Waals surface area contributed by atoms with Gasteiger partial charge < -0.3 is 16.5 Å². The Morgan fingerprint density at radius 2 is 1.30 bits per heavy atom. The monoisotopic (exact) mass is 297 g/mol. The van der Waals surface area contributed by atoms with Crippen molar-refractivity contribution >= 4 is 11.9 Å². The fourth-order valence-electron chi connectivity index (χ4n) is 1.96. The van der Waals surface area contributed by atoms with E-state index in [9.17, 15) is 9.59 Å². The molecule has 0 saturated carbocycles. The Kier molecular flexibility index (Phi) is 17.0. The standard InChI is InChI=1S/C14H27NO4.Na.H/c1-2-3-4-5-6-7-10-15(11-8-13(16)17)12-9-14(18)19;;/h2-12H2,1H3,(H,16,17)(H,18,19);;/q;+1;-1. The van der Waals surface area contributed by atoms with Gasteiger partial charge in [-0.1, -0.05) is 39.0 Å². The van der Waals surface area contributed by atoms with E-state index in [2.05, 4.69) is 6.92 Å². The number of nitrogens with zero attached hydrogens (tertiary/aromatic N) is 1. The second-order valence-electron chi connectivity index (χ2n) is 4.90. The van der Waals surface area contributed by atoms with Gasteiger partial charge in [-0.15, -0.1) is 0 Å². The number of rotatable bonds is 13. The molecule has 0 amide bonds. The summed E-state index contributed by atoms with van der Waals surface area (Å²) in [5.41, 5.74) is 0. The van der Waals surface area contributed by atoms with Crippen LogP contribution in [-0.4, -0.2) is 46.7 Å².